The number of hydrogen-bond donors (Lipinski definition) is 2. The number of rotatable bonds is 9. The average Bonchev–Trinajstić information content (AvgIpc) is 2.73. The minimum absolute atomic E-state index is 0.190. The molecule has 0 saturated heterocycles. The van der Waals surface area contributed by atoms with E-state index in [0.29, 0.717) is 17.5 Å². The summed E-state index contributed by atoms with van der Waals surface area (Å²) in [6.45, 7) is 1.77. The molecule has 3 atom stereocenters. The third-order valence-corrected chi connectivity index (χ3v) is 5.30. The van der Waals surface area contributed by atoms with E-state index in [1.807, 2.05) is 0 Å². The molecule has 0 fully saturated rings. The van der Waals surface area contributed by atoms with Crippen LogP contribution in [0.15, 0.2) is 60.7 Å². The van der Waals surface area contributed by atoms with Crippen LogP contribution in [0.1, 0.15) is 40.5 Å². The average molecular weight is 451 g/mol. The summed E-state index contributed by atoms with van der Waals surface area (Å²) < 4.78 is 10.6. The van der Waals surface area contributed by atoms with Crippen molar-refractivity contribution in [2.45, 2.75) is 43.1 Å². The Balaban J connectivity index is 2.12. The molecule has 0 aliphatic carbocycles. The van der Waals surface area contributed by atoms with E-state index >= 15 is 0 Å². The Labute approximate surface area is 172 Å². The van der Waals surface area contributed by atoms with Gasteiger partial charge in [-0.05, 0) is 30.7 Å². The second-order valence-electron chi connectivity index (χ2n) is 6.20. The minimum atomic E-state index is -1.32. The predicted molar refractivity (Wildman–Crippen MR) is 107 cm³/mol. The number of carbonyl (C=O) groups excluding carboxylic acids is 2. The molecule has 0 spiro atoms. The van der Waals surface area contributed by atoms with Gasteiger partial charge in [0.1, 0.15) is 0 Å². The molecule has 28 heavy (non-hydrogen) atoms. The van der Waals surface area contributed by atoms with Gasteiger partial charge in [-0.3, -0.25) is 0 Å². The first-order valence-electron chi connectivity index (χ1n) is 8.94. The Kier molecular flexibility index (Phi) is 8.63. The molecule has 0 aliphatic rings. The Morgan fingerprint density at radius 1 is 0.857 bits per heavy atom. The van der Waals surface area contributed by atoms with Gasteiger partial charge in [-0.25, -0.2) is 9.59 Å². The van der Waals surface area contributed by atoms with Crippen molar-refractivity contribution < 1.29 is 29.3 Å². The first kappa shape index (κ1) is 22.1. The van der Waals surface area contributed by atoms with Crippen LogP contribution in [0.5, 0.6) is 0 Å². The van der Waals surface area contributed by atoms with Gasteiger partial charge in [0.15, 0.2) is 0 Å². The quantitative estimate of drug-likeness (QED) is 0.345. The van der Waals surface area contributed by atoms with Gasteiger partial charge in [-0.15, -0.1) is 0 Å². The van der Waals surface area contributed by atoms with E-state index in [9.17, 15) is 19.8 Å². The zero-order valence-electron chi connectivity index (χ0n) is 15.4. The molecule has 7 heteroatoms. The van der Waals surface area contributed by atoms with Gasteiger partial charge in [0.25, 0.3) is 6.29 Å². The number of benzene rings is 2. The van der Waals surface area contributed by atoms with Crippen molar-refractivity contribution in [2.24, 2.45) is 0 Å². The summed E-state index contributed by atoms with van der Waals surface area (Å²) in [7, 11) is 0. The van der Waals surface area contributed by atoms with E-state index in [4.69, 9.17) is 9.47 Å². The van der Waals surface area contributed by atoms with Crippen molar-refractivity contribution in [1.82, 2.24) is 0 Å². The number of halogens is 1. The lowest BCUT2D eigenvalue weighted by Gasteiger charge is -2.25. The van der Waals surface area contributed by atoms with Gasteiger partial charge < -0.3 is 19.7 Å². The van der Waals surface area contributed by atoms with Crippen molar-refractivity contribution in [3.05, 3.63) is 71.8 Å². The van der Waals surface area contributed by atoms with Crippen LogP contribution >= 0.6 is 15.9 Å². The van der Waals surface area contributed by atoms with Crippen LogP contribution in [-0.2, 0) is 9.47 Å². The number of ether oxygens (including phenoxy) is 2. The predicted octanol–water partition coefficient (Wildman–Crippen LogP) is 3.31. The van der Waals surface area contributed by atoms with Crippen LogP contribution in [0.2, 0.25) is 0 Å². The number of esters is 2. The Bertz CT molecular complexity index is 699. The molecule has 0 aliphatic heterocycles. The molecular weight excluding hydrogens is 428 g/mol. The van der Waals surface area contributed by atoms with Crippen LogP contribution in [0.4, 0.5) is 0 Å². The first-order chi connectivity index (χ1) is 13.4. The maximum Gasteiger partial charge on any atom is 0.341 e. The largest absolute Gasteiger partial charge is 0.421 e. The summed E-state index contributed by atoms with van der Waals surface area (Å²) >= 11 is 3.24. The highest BCUT2D eigenvalue weighted by Gasteiger charge is 2.30. The van der Waals surface area contributed by atoms with Crippen LogP contribution in [0.3, 0.4) is 0 Å². The topological polar surface area (TPSA) is 93.1 Å². The van der Waals surface area contributed by atoms with Gasteiger partial charge in [-0.1, -0.05) is 59.3 Å². The number of aliphatic hydroxyl groups is 2. The molecular formula is C21H23BrO6. The number of hydrogen-bond acceptors (Lipinski definition) is 6. The summed E-state index contributed by atoms with van der Waals surface area (Å²) in [5.41, 5.74) is 0.587. The highest BCUT2D eigenvalue weighted by molar-refractivity contribution is 9.09. The molecule has 0 bridgehead atoms. The van der Waals surface area contributed by atoms with E-state index in [0.717, 1.165) is 0 Å². The molecule has 0 radical (unpaired) electrons. The molecule has 2 aromatic carbocycles. The lowest BCUT2D eigenvalue weighted by molar-refractivity contribution is -0.0992. The van der Waals surface area contributed by atoms with Gasteiger partial charge in [0.05, 0.1) is 28.2 Å². The molecule has 3 unspecified atom stereocenters. The Morgan fingerprint density at radius 2 is 1.29 bits per heavy atom. The van der Waals surface area contributed by atoms with Gasteiger partial charge in [0.2, 0.25) is 0 Å². The summed E-state index contributed by atoms with van der Waals surface area (Å²) in [5, 5.41) is 20.3. The number of aliphatic hydroxyl groups excluding tert-OH is 2. The Morgan fingerprint density at radius 3 is 1.68 bits per heavy atom. The SMILES string of the molecule is CCC(O)C(Br)C(O)CC(OC(=O)c1ccccc1)OC(=O)c1ccccc1. The lowest BCUT2D eigenvalue weighted by Crippen LogP contribution is -2.37. The molecule has 2 N–H and O–H groups in total. The number of alkyl halides is 1. The second kappa shape index (κ2) is 10.9. The molecule has 0 aromatic heterocycles. The summed E-state index contributed by atoms with van der Waals surface area (Å²) in [5.74, 6) is -1.36. The van der Waals surface area contributed by atoms with Crippen molar-refractivity contribution >= 4 is 27.9 Å². The Hall–Kier alpha value is -2.22. The van der Waals surface area contributed by atoms with E-state index < -0.39 is 35.3 Å². The number of carbonyl (C=O) groups is 2. The third-order valence-electron chi connectivity index (χ3n) is 4.08. The highest BCUT2D eigenvalue weighted by Crippen LogP contribution is 2.20. The maximum atomic E-state index is 12.4. The third kappa shape index (κ3) is 6.44. The summed E-state index contributed by atoms with van der Waals surface area (Å²) in [4.78, 5) is 24.1. The van der Waals surface area contributed by atoms with E-state index in [1.165, 1.54) is 0 Å². The van der Waals surface area contributed by atoms with Crippen molar-refractivity contribution in [3.63, 3.8) is 0 Å². The fourth-order valence-electron chi connectivity index (χ4n) is 2.45. The second-order valence-corrected chi connectivity index (χ2v) is 7.25. The van der Waals surface area contributed by atoms with Crippen LogP contribution < -0.4 is 0 Å². The first-order valence-corrected chi connectivity index (χ1v) is 9.86. The normalized spacial score (nSPS) is 14.2. The molecule has 6 nitrogen and oxygen atoms in total. The van der Waals surface area contributed by atoms with E-state index in [-0.39, 0.29) is 6.42 Å². The molecule has 2 rings (SSSR count). The zero-order valence-corrected chi connectivity index (χ0v) is 17.0. The fourth-order valence-corrected chi connectivity index (χ4v) is 3.04. The molecule has 2 aromatic rings. The van der Waals surface area contributed by atoms with Gasteiger partial charge in [0, 0.05) is 6.42 Å². The summed E-state index contributed by atoms with van der Waals surface area (Å²) in [6, 6.07) is 16.5. The molecule has 150 valence electrons. The van der Waals surface area contributed by atoms with Crippen molar-refractivity contribution in [3.8, 4) is 0 Å². The van der Waals surface area contributed by atoms with Crippen LogP contribution in [0, 0.1) is 0 Å². The zero-order chi connectivity index (χ0) is 20.5. The molecule has 0 saturated carbocycles. The molecule has 0 amide bonds. The standard InChI is InChI=1S/C21H23BrO6/c1-2-16(23)19(22)17(24)13-18(27-20(25)14-9-5-3-6-10-14)28-21(26)15-11-7-4-8-12-15/h3-12,16-19,23-24H,2,13H2,1H3. The lowest BCUT2D eigenvalue weighted by atomic mass is 10.1. The van der Waals surface area contributed by atoms with Crippen molar-refractivity contribution in [1.29, 1.82) is 0 Å². The maximum absolute atomic E-state index is 12.4. The van der Waals surface area contributed by atoms with Gasteiger partial charge >= 0.3 is 11.9 Å². The van der Waals surface area contributed by atoms with Crippen molar-refractivity contribution in [2.75, 3.05) is 0 Å². The fraction of sp³-hybridized carbons (Fsp3) is 0.333. The summed E-state index contributed by atoms with van der Waals surface area (Å²) in [6.07, 6.45) is -2.99. The monoisotopic (exact) mass is 450 g/mol. The van der Waals surface area contributed by atoms with Crippen LogP contribution in [-0.4, -0.2) is 45.5 Å². The molecule has 0 heterocycles. The smallest absolute Gasteiger partial charge is 0.341 e. The minimum Gasteiger partial charge on any atom is -0.421 e. The van der Waals surface area contributed by atoms with E-state index in [1.54, 1.807) is 67.6 Å². The highest BCUT2D eigenvalue weighted by atomic mass is 79.9. The van der Waals surface area contributed by atoms with Crippen LogP contribution in [0.25, 0.3) is 0 Å². The van der Waals surface area contributed by atoms with Gasteiger partial charge in [-0.2, -0.15) is 0 Å². The van der Waals surface area contributed by atoms with E-state index in [2.05, 4.69) is 15.9 Å².